The Hall–Kier alpha value is -1.72. The Labute approximate surface area is 125 Å². The summed E-state index contributed by atoms with van der Waals surface area (Å²) in [5.41, 5.74) is 9.96. The van der Waals surface area contributed by atoms with Crippen molar-refractivity contribution in [3.05, 3.63) is 41.2 Å². The molecule has 1 saturated heterocycles. The number of nitrogens with two attached hydrogens (primary N) is 1. The van der Waals surface area contributed by atoms with Crippen LogP contribution in [0.25, 0.3) is 5.69 Å². The highest BCUT2D eigenvalue weighted by atomic mass is 16.5. The van der Waals surface area contributed by atoms with E-state index in [0.717, 1.165) is 36.5 Å². The molecule has 0 saturated carbocycles. The van der Waals surface area contributed by atoms with E-state index in [0.29, 0.717) is 12.5 Å². The summed E-state index contributed by atoms with van der Waals surface area (Å²) in [6, 6.07) is 8.46. The molecule has 21 heavy (non-hydrogen) atoms. The molecule has 0 radical (unpaired) electrons. The summed E-state index contributed by atoms with van der Waals surface area (Å²) < 4.78 is 7.68. The lowest BCUT2D eigenvalue weighted by molar-refractivity contribution is 0.106. The molecule has 2 aromatic rings. The van der Waals surface area contributed by atoms with Gasteiger partial charge >= 0.3 is 0 Å². The van der Waals surface area contributed by atoms with Gasteiger partial charge in [-0.3, -0.25) is 0 Å². The summed E-state index contributed by atoms with van der Waals surface area (Å²) in [7, 11) is 0. The van der Waals surface area contributed by atoms with E-state index < -0.39 is 0 Å². The summed E-state index contributed by atoms with van der Waals surface area (Å²) in [6.45, 7) is 5.56. The van der Waals surface area contributed by atoms with Crippen molar-refractivity contribution in [3.63, 3.8) is 0 Å². The molecular weight excluding hydrogens is 264 g/mol. The van der Waals surface area contributed by atoms with Gasteiger partial charge in [-0.25, -0.2) is 4.68 Å². The minimum absolute atomic E-state index is 0.0586. The predicted octanol–water partition coefficient (Wildman–Crippen LogP) is 2.70. The lowest BCUT2D eigenvalue weighted by Gasteiger charge is -2.14. The molecule has 0 bridgehead atoms. The molecule has 112 valence electrons. The second-order valence-corrected chi connectivity index (χ2v) is 5.79. The minimum atomic E-state index is 0.0586. The van der Waals surface area contributed by atoms with Gasteiger partial charge in [0.25, 0.3) is 0 Å². The van der Waals surface area contributed by atoms with Crippen molar-refractivity contribution in [2.24, 2.45) is 5.73 Å². The van der Waals surface area contributed by atoms with E-state index in [2.05, 4.69) is 48.4 Å². The van der Waals surface area contributed by atoms with E-state index in [9.17, 15) is 0 Å². The summed E-state index contributed by atoms with van der Waals surface area (Å²) in [6.07, 6.45) is 2.14. The Morgan fingerprint density at radius 2 is 2.10 bits per heavy atom. The van der Waals surface area contributed by atoms with Crippen LogP contribution in [-0.2, 0) is 11.3 Å². The van der Waals surface area contributed by atoms with Crippen LogP contribution in [0.4, 0.5) is 0 Å². The largest absolute Gasteiger partial charge is 0.372 e. The Morgan fingerprint density at radius 3 is 2.67 bits per heavy atom. The monoisotopic (exact) mass is 286 g/mol. The number of hydrogen-bond acceptors (Lipinski definition) is 4. The van der Waals surface area contributed by atoms with Crippen molar-refractivity contribution in [2.45, 2.75) is 45.3 Å². The molecule has 2 N–H and O–H groups in total. The Morgan fingerprint density at radius 1 is 1.33 bits per heavy atom. The van der Waals surface area contributed by atoms with Crippen molar-refractivity contribution >= 4 is 0 Å². The van der Waals surface area contributed by atoms with Gasteiger partial charge in [-0.2, -0.15) is 0 Å². The van der Waals surface area contributed by atoms with Crippen molar-refractivity contribution < 1.29 is 4.74 Å². The molecule has 1 fully saturated rings. The maximum atomic E-state index is 5.81. The third-order valence-electron chi connectivity index (χ3n) is 4.01. The van der Waals surface area contributed by atoms with Crippen LogP contribution >= 0.6 is 0 Å². The maximum Gasteiger partial charge on any atom is 0.103 e. The Balaban J connectivity index is 1.99. The van der Waals surface area contributed by atoms with Crippen LogP contribution in [0.3, 0.4) is 0 Å². The van der Waals surface area contributed by atoms with Gasteiger partial charge in [-0.1, -0.05) is 31.2 Å². The van der Waals surface area contributed by atoms with Crippen molar-refractivity contribution in [1.82, 2.24) is 15.0 Å². The zero-order valence-electron chi connectivity index (χ0n) is 12.6. The third kappa shape index (κ3) is 2.71. The molecule has 2 heterocycles. The number of ether oxygens (including phenoxy) is 1. The van der Waals surface area contributed by atoms with E-state index in [1.54, 1.807) is 0 Å². The van der Waals surface area contributed by atoms with Crippen LogP contribution in [0.2, 0.25) is 0 Å². The molecule has 1 atom stereocenters. The first-order valence-electron chi connectivity index (χ1n) is 7.57. The highest BCUT2D eigenvalue weighted by molar-refractivity contribution is 5.37. The van der Waals surface area contributed by atoms with E-state index in [1.807, 2.05) is 4.68 Å². The van der Waals surface area contributed by atoms with Crippen LogP contribution in [0.1, 0.15) is 55.7 Å². The SMILES string of the molecule is CC(C)c1ccc(-n2nnc(CN)c2C2CCCO2)cc1. The van der Waals surface area contributed by atoms with E-state index >= 15 is 0 Å². The first-order valence-corrected chi connectivity index (χ1v) is 7.57. The first kappa shape index (κ1) is 14.2. The number of aromatic nitrogens is 3. The highest BCUT2D eigenvalue weighted by Gasteiger charge is 2.26. The fraction of sp³-hybridized carbons (Fsp3) is 0.500. The average molecular weight is 286 g/mol. The molecule has 1 aromatic heterocycles. The molecule has 5 nitrogen and oxygen atoms in total. The van der Waals surface area contributed by atoms with Crippen molar-refractivity contribution in [2.75, 3.05) is 6.61 Å². The minimum Gasteiger partial charge on any atom is -0.372 e. The summed E-state index contributed by atoms with van der Waals surface area (Å²) in [5.74, 6) is 0.520. The lowest BCUT2D eigenvalue weighted by atomic mass is 10.0. The Bertz CT molecular complexity index is 597. The van der Waals surface area contributed by atoms with Gasteiger partial charge < -0.3 is 10.5 Å². The molecule has 0 amide bonds. The first-order chi connectivity index (χ1) is 10.2. The molecule has 0 spiro atoms. The summed E-state index contributed by atoms with van der Waals surface area (Å²) >= 11 is 0. The molecule has 3 rings (SSSR count). The molecule has 1 aromatic carbocycles. The number of nitrogens with zero attached hydrogens (tertiary/aromatic N) is 3. The van der Waals surface area contributed by atoms with Crippen LogP contribution in [0.15, 0.2) is 24.3 Å². The van der Waals surface area contributed by atoms with Crippen LogP contribution in [0, 0.1) is 0 Å². The fourth-order valence-corrected chi connectivity index (χ4v) is 2.77. The molecule has 1 aliphatic heterocycles. The quantitative estimate of drug-likeness (QED) is 0.938. The Kier molecular flexibility index (Phi) is 4.03. The maximum absolute atomic E-state index is 5.81. The van der Waals surface area contributed by atoms with Gasteiger partial charge in [0.2, 0.25) is 0 Å². The van der Waals surface area contributed by atoms with Gasteiger partial charge in [0, 0.05) is 13.2 Å². The van der Waals surface area contributed by atoms with Crippen molar-refractivity contribution in [1.29, 1.82) is 0 Å². The van der Waals surface area contributed by atoms with Crippen LogP contribution < -0.4 is 5.73 Å². The van der Waals surface area contributed by atoms with Gasteiger partial charge in [-0.05, 0) is 36.5 Å². The van der Waals surface area contributed by atoms with E-state index in [-0.39, 0.29) is 6.10 Å². The van der Waals surface area contributed by atoms with Crippen molar-refractivity contribution in [3.8, 4) is 5.69 Å². The molecule has 5 heteroatoms. The fourth-order valence-electron chi connectivity index (χ4n) is 2.77. The van der Waals surface area contributed by atoms with Gasteiger partial charge in [0.1, 0.15) is 11.8 Å². The van der Waals surface area contributed by atoms with E-state index in [4.69, 9.17) is 10.5 Å². The molecular formula is C16H22N4O. The zero-order valence-corrected chi connectivity index (χ0v) is 12.6. The van der Waals surface area contributed by atoms with Gasteiger partial charge in [0.15, 0.2) is 0 Å². The van der Waals surface area contributed by atoms with Gasteiger partial charge in [-0.15, -0.1) is 5.10 Å². The highest BCUT2D eigenvalue weighted by Crippen LogP contribution is 2.31. The lowest BCUT2D eigenvalue weighted by Crippen LogP contribution is -2.11. The molecule has 1 unspecified atom stereocenters. The third-order valence-corrected chi connectivity index (χ3v) is 4.01. The summed E-state index contributed by atoms with van der Waals surface area (Å²) in [5, 5.41) is 8.50. The number of hydrogen-bond donors (Lipinski definition) is 1. The topological polar surface area (TPSA) is 66.0 Å². The molecule has 0 aliphatic carbocycles. The number of rotatable bonds is 4. The van der Waals surface area contributed by atoms with Gasteiger partial charge in [0.05, 0.1) is 11.4 Å². The normalized spacial score (nSPS) is 18.6. The smallest absolute Gasteiger partial charge is 0.103 e. The molecule has 1 aliphatic rings. The second-order valence-electron chi connectivity index (χ2n) is 5.79. The second kappa shape index (κ2) is 5.95. The predicted molar refractivity (Wildman–Crippen MR) is 81.3 cm³/mol. The standard InChI is InChI=1S/C16H22N4O/c1-11(2)12-5-7-13(8-6-12)20-16(14(10-17)18-19-20)15-4-3-9-21-15/h5-8,11,15H,3-4,9-10,17H2,1-2H3. The summed E-state index contributed by atoms with van der Waals surface area (Å²) in [4.78, 5) is 0. The van der Waals surface area contributed by atoms with E-state index in [1.165, 1.54) is 5.56 Å². The average Bonchev–Trinajstić information content (AvgIpc) is 3.15. The zero-order chi connectivity index (χ0) is 14.8. The number of benzene rings is 1. The van der Waals surface area contributed by atoms with Crippen LogP contribution in [0.5, 0.6) is 0 Å². The van der Waals surface area contributed by atoms with Crippen LogP contribution in [-0.4, -0.2) is 21.6 Å².